The molecule has 0 aromatic rings. The molecular weight excluding hydrogens is 648 g/mol. The van der Waals surface area contributed by atoms with E-state index in [2.05, 4.69) is 38.2 Å². The molecule has 0 amide bonds. The predicted octanol–water partition coefficient (Wildman–Crippen LogP) is 8.47. The van der Waals surface area contributed by atoms with Crippen molar-refractivity contribution in [2.75, 3.05) is 0 Å². The van der Waals surface area contributed by atoms with Crippen molar-refractivity contribution in [1.29, 1.82) is 0 Å². The topological polar surface area (TPSA) is 186 Å². The molecule has 51 heavy (non-hydrogen) atoms. The molecule has 0 radical (unpaired) electrons. The fourth-order valence-corrected chi connectivity index (χ4v) is 5.91. The van der Waals surface area contributed by atoms with Gasteiger partial charge < -0.3 is 29.9 Å². The average molecular weight is 727 g/mol. The molecule has 0 spiro atoms. The summed E-state index contributed by atoms with van der Waals surface area (Å²) < 4.78 is 10.3. The van der Waals surface area contributed by atoms with Gasteiger partial charge in [0, 0.05) is 12.8 Å². The molecule has 0 bridgehead atoms. The first-order valence-corrected chi connectivity index (χ1v) is 20.5. The Balaban J connectivity index is 4.43. The van der Waals surface area contributed by atoms with Crippen molar-refractivity contribution < 1.29 is 39.5 Å². The Morgan fingerprint density at radius 2 is 0.863 bits per heavy atom. The second-order valence-corrected chi connectivity index (χ2v) is 14.5. The summed E-state index contributed by atoms with van der Waals surface area (Å²) in [5, 5.41) is 41.2. The van der Waals surface area contributed by atoms with Gasteiger partial charge in [-0.3, -0.25) is 21.1 Å². The number of hydrogen-bond donors (Lipinski definition) is 6. The van der Waals surface area contributed by atoms with Gasteiger partial charge >= 0.3 is 11.9 Å². The van der Waals surface area contributed by atoms with Gasteiger partial charge in [-0.2, -0.15) is 0 Å². The lowest BCUT2D eigenvalue weighted by Gasteiger charge is -2.46. The van der Waals surface area contributed by atoms with E-state index < -0.39 is 35.5 Å². The maximum atomic E-state index is 12.7. The molecule has 2 atom stereocenters. The van der Waals surface area contributed by atoms with E-state index in [9.17, 15) is 30.0 Å². The third-order valence-electron chi connectivity index (χ3n) is 9.45. The van der Waals surface area contributed by atoms with Crippen LogP contribution in [0.3, 0.4) is 0 Å². The zero-order chi connectivity index (χ0) is 38.3. The van der Waals surface area contributed by atoms with Gasteiger partial charge in [0.2, 0.25) is 12.0 Å². The summed E-state index contributed by atoms with van der Waals surface area (Å²) in [5.74, 6) is -8.65. The highest BCUT2D eigenvalue weighted by Crippen LogP contribution is 2.32. The highest BCUT2D eigenvalue weighted by atomic mass is 16.7. The van der Waals surface area contributed by atoms with Gasteiger partial charge in [-0.25, -0.2) is 0 Å². The van der Waals surface area contributed by atoms with Crippen molar-refractivity contribution >= 4 is 11.9 Å². The summed E-state index contributed by atoms with van der Waals surface area (Å²) in [7, 11) is 0. The van der Waals surface area contributed by atoms with Gasteiger partial charge in [0.15, 0.2) is 0 Å². The van der Waals surface area contributed by atoms with Crippen molar-refractivity contribution in [3.05, 3.63) is 24.3 Å². The summed E-state index contributed by atoms with van der Waals surface area (Å²) >= 11 is 0. The number of aliphatic hydroxyl groups is 4. The summed E-state index contributed by atoms with van der Waals surface area (Å²) in [4.78, 5) is 25.2. The van der Waals surface area contributed by atoms with E-state index in [-0.39, 0.29) is 12.8 Å². The number of carbonyl (C=O) groups is 2. The molecule has 10 heteroatoms. The smallest absolute Gasteiger partial charge is 0.307 e. The normalized spacial score (nSPS) is 14.3. The second-order valence-electron chi connectivity index (χ2n) is 14.5. The van der Waals surface area contributed by atoms with E-state index in [1.165, 1.54) is 77.0 Å². The molecule has 0 heterocycles. The maximum absolute atomic E-state index is 12.7. The first kappa shape index (κ1) is 49.2. The van der Waals surface area contributed by atoms with Crippen LogP contribution in [0.5, 0.6) is 0 Å². The van der Waals surface area contributed by atoms with Crippen LogP contribution >= 0.6 is 0 Å². The Morgan fingerprint density at radius 1 is 0.549 bits per heavy atom. The van der Waals surface area contributed by atoms with Crippen LogP contribution in [0.2, 0.25) is 0 Å². The lowest BCUT2D eigenvalue weighted by atomic mass is 9.93. The molecule has 0 aromatic carbocycles. The molecule has 0 rings (SSSR count). The third-order valence-corrected chi connectivity index (χ3v) is 9.45. The third kappa shape index (κ3) is 24.2. The minimum absolute atomic E-state index is 0.00975. The standard InChI is InChI=1S/C41H78N2O8/c1-4-6-8-10-12-14-16-18-20-22-24-26-28-30-32-34-36(44)50-38(42)40(43,41(48,49)39(3,46)47)51-37(45)35-33-31-29-27-25-23-21-19-17-15-13-11-9-7-5-2/h18-21,38,46-49H,4-17,22-35,42-43H2,1-3H3/b20-18-,21-19-. The van der Waals surface area contributed by atoms with E-state index >= 15 is 0 Å². The minimum atomic E-state index is -3.67. The van der Waals surface area contributed by atoms with Crippen molar-refractivity contribution in [3.8, 4) is 0 Å². The summed E-state index contributed by atoms with van der Waals surface area (Å²) in [6.07, 6.45) is 35.3. The summed E-state index contributed by atoms with van der Waals surface area (Å²) in [5.41, 5.74) is 8.89. The van der Waals surface area contributed by atoms with E-state index in [1.807, 2.05) is 0 Å². The molecule has 0 saturated carbocycles. The minimum Gasteiger partial charge on any atom is -0.441 e. The fourth-order valence-electron chi connectivity index (χ4n) is 5.91. The molecule has 8 N–H and O–H groups in total. The van der Waals surface area contributed by atoms with Crippen LogP contribution in [0, 0.1) is 0 Å². The van der Waals surface area contributed by atoms with Crippen LogP contribution < -0.4 is 11.5 Å². The Labute approximate surface area is 310 Å². The predicted molar refractivity (Wildman–Crippen MR) is 206 cm³/mol. The number of unbranched alkanes of at least 4 members (excludes halogenated alkanes) is 22. The molecule has 10 nitrogen and oxygen atoms in total. The number of esters is 2. The average Bonchev–Trinajstić information content (AvgIpc) is 3.07. The van der Waals surface area contributed by atoms with Crippen LogP contribution in [0.15, 0.2) is 24.3 Å². The SMILES string of the molecule is CCCCCCCC/C=C\CCCCCCCC(=O)OC(N)C(N)(OC(=O)CCCCCCC/C=C\CCCCCCCC)C(O)(O)C(C)(O)O. The number of allylic oxidation sites excluding steroid dienone is 4. The van der Waals surface area contributed by atoms with Crippen molar-refractivity contribution in [1.82, 2.24) is 0 Å². The second kappa shape index (κ2) is 30.6. The molecule has 0 aromatic heterocycles. The molecule has 0 aliphatic carbocycles. The number of ether oxygens (including phenoxy) is 2. The lowest BCUT2D eigenvalue weighted by molar-refractivity contribution is -0.413. The zero-order valence-corrected chi connectivity index (χ0v) is 32.8. The molecule has 2 unspecified atom stereocenters. The Kier molecular flexibility index (Phi) is 29.5. The molecule has 0 saturated heterocycles. The van der Waals surface area contributed by atoms with Crippen LogP contribution in [0.25, 0.3) is 0 Å². The summed E-state index contributed by atoms with van der Waals surface area (Å²) in [6.45, 7) is 5.10. The number of rotatable bonds is 35. The van der Waals surface area contributed by atoms with Crippen LogP contribution in [-0.2, 0) is 19.1 Å². The molecule has 0 aliphatic heterocycles. The van der Waals surface area contributed by atoms with Crippen LogP contribution in [-0.4, -0.2) is 55.9 Å². The van der Waals surface area contributed by atoms with Gasteiger partial charge in [-0.1, -0.05) is 141 Å². The van der Waals surface area contributed by atoms with Crippen molar-refractivity contribution in [2.24, 2.45) is 11.5 Å². The van der Waals surface area contributed by atoms with Crippen molar-refractivity contribution in [3.63, 3.8) is 0 Å². The molecular formula is C41H78N2O8. The van der Waals surface area contributed by atoms with Gasteiger partial charge in [0.05, 0.1) is 0 Å². The van der Waals surface area contributed by atoms with Crippen molar-refractivity contribution in [2.45, 2.75) is 224 Å². The first-order chi connectivity index (χ1) is 24.3. The van der Waals surface area contributed by atoms with E-state index in [1.54, 1.807) is 0 Å². The number of carbonyl (C=O) groups excluding carboxylic acids is 2. The number of nitrogens with two attached hydrogens (primary N) is 2. The Hall–Kier alpha value is -1.82. The van der Waals surface area contributed by atoms with E-state index in [0.717, 1.165) is 77.0 Å². The largest absolute Gasteiger partial charge is 0.441 e. The fraction of sp³-hybridized carbons (Fsp3) is 0.854. The Morgan fingerprint density at radius 3 is 1.22 bits per heavy atom. The highest BCUT2D eigenvalue weighted by Gasteiger charge is 2.65. The molecule has 0 fully saturated rings. The highest BCUT2D eigenvalue weighted by molar-refractivity contribution is 5.71. The maximum Gasteiger partial charge on any atom is 0.307 e. The van der Waals surface area contributed by atoms with Crippen LogP contribution in [0.1, 0.15) is 201 Å². The number of hydrogen-bond acceptors (Lipinski definition) is 10. The first-order valence-electron chi connectivity index (χ1n) is 20.5. The Bertz CT molecular complexity index is 918. The molecule has 300 valence electrons. The monoisotopic (exact) mass is 727 g/mol. The van der Waals surface area contributed by atoms with Gasteiger partial charge in [0.25, 0.3) is 11.5 Å². The van der Waals surface area contributed by atoms with E-state index in [0.29, 0.717) is 19.8 Å². The zero-order valence-electron chi connectivity index (χ0n) is 32.8. The van der Waals surface area contributed by atoms with Crippen LogP contribution in [0.4, 0.5) is 0 Å². The van der Waals surface area contributed by atoms with Gasteiger partial charge in [0.1, 0.15) is 0 Å². The quantitative estimate of drug-likeness (QED) is 0.0160. The molecule has 0 aliphatic rings. The summed E-state index contributed by atoms with van der Waals surface area (Å²) in [6, 6.07) is 0. The van der Waals surface area contributed by atoms with E-state index in [4.69, 9.17) is 20.9 Å². The lowest BCUT2D eigenvalue weighted by Crippen LogP contribution is -2.79. The van der Waals surface area contributed by atoms with Gasteiger partial charge in [-0.15, -0.1) is 0 Å². The van der Waals surface area contributed by atoms with Gasteiger partial charge in [-0.05, 0) is 71.1 Å².